The molecule has 0 radical (unpaired) electrons. The maximum absolute atomic E-state index is 11.9. The average Bonchev–Trinajstić information content (AvgIpc) is 3.05. The van der Waals surface area contributed by atoms with Crippen molar-refractivity contribution in [3.05, 3.63) is 48.3 Å². The summed E-state index contributed by atoms with van der Waals surface area (Å²) in [6.07, 6.45) is 5.35. The number of hydrogen-bond donors (Lipinski definition) is 3. The number of benzene rings is 1. The van der Waals surface area contributed by atoms with Crippen molar-refractivity contribution >= 4 is 11.7 Å². The van der Waals surface area contributed by atoms with E-state index in [9.17, 15) is 9.90 Å². The minimum absolute atomic E-state index is 0.0982. The molecule has 1 aromatic carbocycles. The van der Waals surface area contributed by atoms with Crippen LogP contribution in [0.15, 0.2) is 42.7 Å². The molecule has 0 saturated heterocycles. The standard InChI is InChI=1S/C18H26N4O2/c1-18(2,14-23)8-4-9-19-17(24)21-16-7-3-6-15(12-16)13-22-11-5-10-20-22/h3,5-7,10-12,23H,4,8-9,13-14H2,1-2H3,(H2,19,21,24). The lowest BCUT2D eigenvalue weighted by atomic mass is 9.89. The molecule has 0 unspecified atom stereocenters. The van der Waals surface area contributed by atoms with Crippen molar-refractivity contribution in [2.24, 2.45) is 5.41 Å². The number of amides is 2. The fourth-order valence-electron chi connectivity index (χ4n) is 2.35. The van der Waals surface area contributed by atoms with E-state index in [1.54, 1.807) is 6.20 Å². The first-order chi connectivity index (χ1) is 11.5. The van der Waals surface area contributed by atoms with Gasteiger partial charge < -0.3 is 15.7 Å². The molecule has 2 amide bonds. The number of carbonyl (C=O) groups excluding carboxylic acids is 1. The first-order valence-corrected chi connectivity index (χ1v) is 8.21. The third-order valence-corrected chi connectivity index (χ3v) is 3.83. The summed E-state index contributed by atoms with van der Waals surface area (Å²) in [4.78, 5) is 11.9. The number of aliphatic hydroxyl groups excluding tert-OH is 1. The van der Waals surface area contributed by atoms with E-state index >= 15 is 0 Å². The normalized spacial score (nSPS) is 11.3. The number of rotatable bonds is 8. The molecule has 6 heteroatoms. The Labute approximate surface area is 142 Å². The molecule has 0 aliphatic heterocycles. The SMILES string of the molecule is CC(C)(CO)CCCNC(=O)Nc1cccc(Cn2cccn2)c1. The molecule has 3 N–H and O–H groups in total. The third-order valence-electron chi connectivity index (χ3n) is 3.83. The molecule has 1 aromatic heterocycles. The topological polar surface area (TPSA) is 79.2 Å². The number of nitrogens with one attached hydrogen (secondary N) is 2. The fraction of sp³-hybridized carbons (Fsp3) is 0.444. The van der Waals surface area contributed by atoms with Gasteiger partial charge in [-0.3, -0.25) is 4.68 Å². The van der Waals surface area contributed by atoms with Crippen LogP contribution in [0.4, 0.5) is 10.5 Å². The first-order valence-electron chi connectivity index (χ1n) is 8.21. The van der Waals surface area contributed by atoms with Gasteiger partial charge in [-0.1, -0.05) is 26.0 Å². The quantitative estimate of drug-likeness (QED) is 0.651. The van der Waals surface area contributed by atoms with Crippen molar-refractivity contribution in [1.29, 1.82) is 0 Å². The van der Waals surface area contributed by atoms with Gasteiger partial charge >= 0.3 is 6.03 Å². The van der Waals surface area contributed by atoms with Crippen LogP contribution >= 0.6 is 0 Å². The van der Waals surface area contributed by atoms with Gasteiger partial charge in [-0.2, -0.15) is 5.10 Å². The van der Waals surface area contributed by atoms with Gasteiger partial charge in [0.2, 0.25) is 0 Å². The van der Waals surface area contributed by atoms with Gasteiger partial charge in [-0.05, 0) is 42.0 Å². The van der Waals surface area contributed by atoms with Crippen LogP contribution in [-0.2, 0) is 6.54 Å². The fourth-order valence-corrected chi connectivity index (χ4v) is 2.35. The summed E-state index contributed by atoms with van der Waals surface area (Å²) < 4.78 is 1.84. The number of urea groups is 1. The second kappa shape index (κ2) is 8.49. The number of carbonyl (C=O) groups is 1. The van der Waals surface area contributed by atoms with Crippen molar-refractivity contribution in [3.8, 4) is 0 Å². The van der Waals surface area contributed by atoms with Gasteiger partial charge in [-0.15, -0.1) is 0 Å². The predicted molar refractivity (Wildman–Crippen MR) is 94.9 cm³/mol. The molecule has 0 aliphatic carbocycles. The van der Waals surface area contributed by atoms with Crippen LogP contribution in [0.3, 0.4) is 0 Å². The first kappa shape index (κ1) is 18.0. The van der Waals surface area contributed by atoms with Crippen LogP contribution < -0.4 is 10.6 Å². The Kier molecular flexibility index (Phi) is 6.37. The largest absolute Gasteiger partial charge is 0.396 e. The second-order valence-electron chi connectivity index (χ2n) is 6.71. The monoisotopic (exact) mass is 330 g/mol. The highest BCUT2D eigenvalue weighted by molar-refractivity contribution is 5.89. The highest BCUT2D eigenvalue weighted by atomic mass is 16.3. The van der Waals surface area contributed by atoms with Crippen LogP contribution in [0.5, 0.6) is 0 Å². The van der Waals surface area contributed by atoms with E-state index in [1.807, 2.05) is 55.1 Å². The molecule has 0 aliphatic rings. The van der Waals surface area contributed by atoms with Crippen molar-refractivity contribution in [2.45, 2.75) is 33.2 Å². The summed E-state index contributed by atoms with van der Waals surface area (Å²) in [7, 11) is 0. The molecule has 0 saturated carbocycles. The molecular formula is C18H26N4O2. The van der Waals surface area contributed by atoms with E-state index in [2.05, 4.69) is 15.7 Å². The molecule has 0 fully saturated rings. The van der Waals surface area contributed by atoms with Crippen LogP contribution in [0.1, 0.15) is 32.3 Å². The Morgan fingerprint density at radius 2 is 2.17 bits per heavy atom. The maximum Gasteiger partial charge on any atom is 0.319 e. The number of aliphatic hydroxyl groups is 1. The molecule has 130 valence electrons. The zero-order chi connectivity index (χ0) is 17.4. The van der Waals surface area contributed by atoms with E-state index in [4.69, 9.17) is 0 Å². The van der Waals surface area contributed by atoms with Crippen molar-refractivity contribution in [1.82, 2.24) is 15.1 Å². The number of anilines is 1. The molecule has 0 atom stereocenters. The lowest BCUT2D eigenvalue weighted by molar-refractivity contribution is 0.148. The Morgan fingerprint density at radius 3 is 2.88 bits per heavy atom. The Morgan fingerprint density at radius 1 is 1.33 bits per heavy atom. The highest BCUT2D eigenvalue weighted by Crippen LogP contribution is 2.20. The summed E-state index contributed by atoms with van der Waals surface area (Å²) in [6, 6.07) is 9.39. The van der Waals surface area contributed by atoms with Crippen LogP contribution in [-0.4, -0.2) is 34.1 Å². The lowest BCUT2D eigenvalue weighted by Crippen LogP contribution is -2.30. The zero-order valence-electron chi connectivity index (χ0n) is 14.3. The summed E-state index contributed by atoms with van der Waals surface area (Å²) in [5.74, 6) is 0. The van der Waals surface area contributed by atoms with Crippen LogP contribution in [0, 0.1) is 5.41 Å². The van der Waals surface area contributed by atoms with Gasteiger partial charge in [0.25, 0.3) is 0 Å². The number of nitrogens with zero attached hydrogens (tertiary/aromatic N) is 2. The zero-order valence-corrected chi connectivity index (χ0v) is 14.3. The molecule has 1 heterocycles. The van der Waals surface area contributed by atoms with Gasteiger partial charge in [0.05, 0.1) is 6.54 Å². The summed E-state index contributed by atoms with van der Waals surface area (Å²) in [5, 5.41) is 19.1. The molecule has 0 spiro atoms. The van der Waals surface area contributed by atoms with Crippen LogP contribution in [0.2, 0.25) is 0 Å². The van der Waals surface area contributed by atoms with E-state index < -0.39 is 0 Å². The summed E-state index contributed by atoms with van der Waals surface area (Å²) >= 11 is 0. The minimum atomic E-state index is -0.215. The highest BCUT2D eigenvalue weighted by Gasteiger charge is 2.15. The Bertz CT molecular complexity index is 638. The maximum atomic E-state index is 11.9. The number of hydrogen-bond acceptors (Lipinski definition) is 3. The lowest BCUT2D eigenvalue weighted by Gasteiger charge is -2.21. The molecule has 2 aromatic rings. The van der Waals surface area contributed by atoms with Gasteiger partial charge in [0.15, 0.2) is 0 Å². The second-order valence-corrected chi connectivity index (χ2v) is 6.71. The third kappa shape index (κ3) is 6.04. The van der Waals surface area contributed by atoms with Crippen molar-refractivity contribution in [2.75, 3.05) is 18.5 Å². The molecule has 2 rings (SSSR count). The number of aromatic nitrogens is 2. The average molecular weight is 330 g/mol. The van der Waals surface area contributed by atoms with E-state index in [1.165, 1.54) is 0 Å². The van der Waals surface area contributed by atoms with E-state index in [0.29, 0.717) is 13.1 Å². The molecule has 24 heavy (non-hydrogen) atoms. The van der Waals surface area contributed by atoms with E-state index in [0.717, 1.165) is 24.1 Å². The molecule has 6 nitrogen and oxygen atoms in total. The smallest absolute Gasteiger partial charge is 0.319 e. The Balaban J connectivity index is 1.77. The predicted octanol–water partition coefficient (Wildman–Crippen LogP) is 2.85. The van der Waals surface area contributed by atoms with Crippen LogP contribution in [0.25, 0.3) is 0 Å². The summed E-state index contributed by atoms with van der Waals surface area (Å²) in [6.45, 7) is 5.43. The Hall–Kier alpha value is -2.34. The van der Waals surface area contributed by atoms with Crippen molar-refractivity contribution < 1.29 is 9.90 Å². The molecule has 0 bridgehead atoms. The molecular weight excluding hydrogens is 304 g/mol. The van der Waals surface area contributed by atoms with Gasteiger partial charge in [0, 0.05) is 31.2 Å². The summed E-state index contributed by atoms with van der Waals surface area (Å²) in [5.41, 5.74) is 1.73. The van der Waals surface area contributed by atoms with Gasteiger partial charge in [0.1, 0.15) is 0 Å². The van der Waals surface area contributed by atoms with E-state index in [-0.39, 0.29) is 18.1 Å². The van der Waals surface area contributed by atoms with Gasteiger partial charge in [-0.25, -0.2) is 4.79 Å². The minimum Gasteiger partial charge on any atom is -0.396 e. The van der Waals surface area contributed by atoms with Crippen molar-refractivity contribution in [3.63, 3.8) is 0 Å².